The number of hydrogen-bond acceptors (Lipinski definition) is 3. The summed E-state index contributed by atoms with van der Waals surface area (Å²) in [7, 11) is 1.68. The fourth-order valence-corrected chi connectivity index (χ4v) is 2.35. The van der Waals surface area contributed by atoms with Crippen molar-refractivity contribution in [2.45, 2.75) is 32.7 Å². The summed E-state index contributed by atoms with van der Waals surface area (Å²) in [4.78, 5) is 7.69. The first-order valence-electron chi connectivity index (χ1n) is 7.49. The highest BCUT2D eigenvalue weighted by Crippen LogP contribution is 2.21. The highest BCUT2D eigenvalue weighted by Gasteiger charge is 2.11. The van der Waals surface area contributed by atoms with Crippen molar-refractivity contribution in [2.75, 3.05) is 13.7 Å². The molecule has 0 aliphatic heterocycles. The van der Waals surface area contributed by atoms with E-state index in [4.69, 9.17) is 10.5 Å². The molecule has 1 aromatic heterocycles. The Morgan fingerprint density at radius 2 is 1.95 bits per heavy atom. The molecule has 21 heavy (non-hydrogen) atoms. The molecule has 0 spiro atoms. The van der Waals surface area contributed by atoms with Crippen molar-refractivity contribution in [1.29, 1.82) is 0 Å². The molecule has 114 valence electrons. The van der Waals surface area contributed by atoms with Crippen LogP contribution in [0.1, 0.15) is 37.7 Å². The molecule has 1 unspecified atom stereocenters. The molecule has 0 aliphatic carbocycles. The number of nitrogens with two attached hydrogens (primary N) is 1. The van der Waals surface area contributed by atoms with Crippen molar-refractivity contribution in [3.05, 3.63) is 41.9 Å². The van der Waals surface area contributed by atoms with Crippen LogP contribution in [-0.4, -0.2) is 23.7 Å². The fraction of sp³-hybridized carbons (Fsp3) is 0.471. The summed E-state index contributed by atoms with van der Waals surface area (Å²) < 4.78 is 5.05. The summed E-state index contributed by atoms with van der Waals surface area (Å²) in [6.07, 6.45) is 3.71. The molecule has 0 saturated carbocycles. The van der Waals surface area contributed by atoms with Crippen molar-refractivity contribution < 1.29 is 4.74 Å². The molecule has 1 aromatic carbocycles. The lowest BCUT2D eigenvalue weighted by atomic mass is 10.0. The number of aromatic nitrogens is 2. The Morgan fingerprint density at radius 3 is 2.57 bits per heavy atom. The Labute approximate surface area is 126 Å². The standard InChI is InChI=1S/C17H25N3O/c1-12(2)10-13-4-6-14(7-5-13)16-11-19-17(20-16)15(18)8-9-21-3/h4-7,11-12,15H,8-10,18H2,1-3H3,(H,19,20). The van der Waals surface area contributed by atoms with Crippen molar-refractivity contribution in [2.24, 2.45) is 11.7 Å². The zero-order valence-electron chi connectivity index (χ0n) is 13.1. The van der Waals surface area contributed by atoms with Gasteiger partial charge in [-0.15, -0.1) is 0 Å². The van der Waals surface area contributed by atoms with Crippen LogP contribution in [0.3, 0.4) is 0 Å². The van der Waals surface area contributed by atoms with Crippen LogP contribution in [0.15, 0.2) is 30.5 Å². The first-order valence-corrected chi connectivity index (χ1v) is 7.49. The van der Waals surface area contributed by atoms with Gasteiger partial charge in [0.1, 0.15) is 5.82 Å². The smallest absolute Gasteiger partial charge is 0.123 e. The Balaban J connectivity index is 2.06. The van der Waals surface area contributed by atoms with Gasteiger partial charge >= 0.3 is 0 Å². The van der Waals surface area contributed by atoms with Crippen molar-refractivity contribution in [1.82, 2.24) is 9.97 Å². The van der Waals surface area contributed by atoms with E-state index in [9.17, 15) is 0 Å². The molecule has 0 fully saturated rings. The number of methoxy groups -OCH3 is 1. The summed E-state index contributed by atoms with van der Waals surface area (Å²) in [5.41, 5.74) is 9.59. The number of aromatic amines is 1. The monoisotopic (exact) mass is 287 g/mol. The third kappa shape index (κ3) is 4.41. The largest absolute Gasteiger partial charge is 0.385 e. The van der Waals surface area contributed by atoms with Crippen LogP contribution in [-0.2, 0) is 11.2 Å². The van der Waals surface area contributed by atoms with Gasteiger partial charge in [0.25, 0.3) is 0 Å². The summed E-state index contributed by atoms with van der Waals surface area (Å²) in [6.45, 7) is 5.11. The number of rotatable bonds is 7. The third-order valence-electron chi connectivity index (χ3n) is 3.49. The summed E-state index contributed by atoms with van der Waals surface area (Å²) in [6, 6.07) is 8.52. The van der Waals surface area contributed by atoms with Gasteiger partial charge in [0, 0.05) is 13.7 Å². The zero-order valence-corrected chi connectivity index (χ0v) is 13.1. The normalized spacial score (nSPS) is 12.8. The predicted molar refractivity (Wildman–Crippen MR) is 86.0 cm³/mol. The lowest BCUT2D eigenvalue weighted by Crippen LogP contribution is -2.14. The molecular weight excluding hydrogens is 262 g/mol. The average molecular weight is 287 g/mol. The molecule has 0 aliphatic rings. The number of benzene rings is 1. The number of hydrogen-bond donors (Lipinski definition) is 2. The highest BCUT2D eigenvalue weighted by molar-refractivity contribution is 5.58. The molecule has 4 nitrogen and oxygen atoms in total. The quantitative estimate of drug-likeness (QED) is 0.821. The van der Waals surface area contributed by atoms with Crippen molar-refractivity contribution in [3.63, 3.8) is 0 Å². The van der Waals surface area contributed by atoms with E-state index in [-0.39, 0.29) is 6.04 Å². The van der Waals surface area contributed by atoms with Crippen LogP contribution in [0, 0.1) is 5.92 Å². The highest BCUT2D eigenvalue weighted by atomic mass is 16.5. The first kappa shape index (κ1) is 15.7. The zero-order chi connectivity index (χ0) is 15.2. The molecular formula is C17H25N3O. The number of ether oxygens (including phenoxy) is 1. The van der Waals surface area contributed by atoms with Crippen LogP contribution in [0.25, 0.3) is 11.3 Å². The average Bonchev–Trinajstić information content (AvgIpc) is 2.95. The van der Waals surface area contributed by atoms with Gasteiger partial charge in [0.2, 0.25) is 0 Å². The first-order chi connectivity index (χ1) is 10.1. The fourth-order valence-electron chi connectivity index (χ4n) is 2.35. The molecule has 0 radical (unpaired) electrons. The summed E-state index contributed by atoms with van der Waals surface area (Å²) in [5, 5.41) is 0. The van der Waals surface area contributed by atoms with Gasteiger partial charge in [0.05, 0.1) is 17.9 Å². The van der Waals surface area contributed by atoms with Crippen LogP contribution in [0.5, 0.6) is 0 Å². The van der Waals surface area contributed by atoms with Gasteiger partial charge in [-0.05, 0) is 29.9 Å². The van der Waals surface area contributed by atoms with Crippen LogP contribution in [0.2, 0.25) is 0 Å². The number of nitrogens with zero attached hydrogens (tertiary/aromatic N) is 1. The minimum Gasteiger partial charge on any atom is -0.385 e. The van der Waals surface area contributed by atoms with E-state index in [1.165, 1.54) is 5.56 Å². The van der Waals surface area contributed by atoms with Crippen molar-refractivity contribution in [3.8, 4) is 11.3 Å². The molecule has 1 atom stereocenters. The number of nitrogens with one attached hydrogen (secondary N) is 1. The van der Waals surface area contributed by atoms with Gasteiger partial charge < -0.3 is 15.5 Å². The van der Waals surface area contributed by atoms with Gasteiger partial charge in [-0.3, -0.25) is 0 Å². The SMILES string of the molecule is COCCC(N)c1ncc(-c2ccc(CC(C)C)cc2)[nH]1. The van der Waals surface area contributed by atoms with Gasteiger partial charge in [-0.25, -0.2) is 4.98 Å². The van der Waals surface area contributed by atoms with Crippen LogP contribution < -0.4 is 5.73 Å². The van der Waals surface area contributed by atoms with E-state index < -0.39 is 0 Å². The minimum absolute atomic E-state index is 0.112. The topological polar surface area (TPSA) is 63.9 Å². The van der Waals surface area contributed by atoms with E-state index in [2.05, 4.69) is 48.1 Å². The Morgan fingerprint density at radius 1 is 1.24 bits per heavy atom. The molecule has 3 N–H and O–H groups in total. The molecule has 0 saturated heterocycles. The van der Waals surface area contributed by atoms with E-state index in [1.807, 2.05) is 6.20 Å². The predicted octanol–water partition coefficient (Wildman–Crippen LogP) is 3.31. The maximum atomic E-state index is 6.08. The Kier molecular flexibility index (Phi) is 5.53. The van der Waals surface area contributed by atoms with Crippen LogP contribution >= 0.6 is 0 Å². The molecule has 4 heteroatoms. The number of H-pyrrole nitrogens is 1. The third-order valence-corrected chi connectivity index (χ3v) is 3.49. The lowest BCUT2D eigenvalue weighted by molar-refractivity contribution is 0.187. The maximum absolute atomic E-state index is 6.08. The minimum atomic E-state index is -0.112. The molecule has 1 heterocycles. The molecule has 2 aromatic rings. The Hall–Kier alpha value is -1.65. The van der Waals surface area contributed by atoms with E-state index in [0.29, 0.717) is 12.5 Å². The molecule has 0 amide bonds. The van der Waals surface area contributed by atoms with Gasteiger partial charge in [0.15, 0.2) is 0 Å². The Bertz CT molecular complexity index is 545. The maximum Gasteiger partial charge on any atom is 0.123 e. The molecule has 2 rings (SSSR count). The van der Waals surface area contributed by atoms with Gasteiger partial charge in [-0.2, -0.15) is 0 Å². The van der Waals surface area contributed by atoms with E-state index >= 15 is 0 Å². The molecule has 0 bridgehead atoms. The summed E-state index contributed by atoms with van der Waals surface area (Å²) >= 11 is 0. The van der Waals surface area contributed by atoms with E-state index in [0.717, 1.165) is 29.9 Å². The second-order valence-electron chi connectivity index (χ2n) is 5.86. The van der Waals surface area contributed by atoms with E-state index in [1.54, 1.807) is 7.11 Å². The second kappa shape index (κ2) is 7.38. The van der Waals surface area contributed by atoms with Gasteiger partial charge in [-0.1, -0.05) is 38.1 Å². The van der Waals surface area contributed by atoms with Crippen molar-refractivity contribution >= 4 is 0 Å². The summed E-state index contributed by atoms with van der Waals surface area (Å²) in [5.74, 6) is 1.49. The van der Waals surface area contributed by atoms with Crippen LogP contribution in [0.4, 0.5) is 0 Å². The lowest BCUT2D eigenvalue weighted by Gasteiger charge is -2.08. The number of imidazole rings is 1. The second-order valence-corrected chi connectivity index (χ2v) is 5.86.